The Morgan fingerprint density at radius 1 is 1.20 bits per heavy atom. The first kappa shape index (κ1) is 26.6. The van der Waals surface area contributed by atoms with E-state index >= 15 is 0 Å². The number of benzene rings is 2. The first-order chi connectivity index (χ1) is 16.7. The van der Waals surface area contributed by atoms with Crippen LogP contribution in [-0.2, 0) is 12.8 Å². The lowest BCUT2D eigenvalue weighted by Crippen LogP contribution is -2.32. The van der Waals surface area contributed by atoms with Gasteiger partial charge in [0.25, 0.3) is 0 Å². The normalized spacial score (nSPS) is 14.0. The summed E-state index contributed by atoms with van der Waals surface area (Å²) in [5.74, 6) is -0.702. The minimum absolute atomic E-state index is 0.0157. The molecule has 2 aromatic rings. The van der Waals surface area contributed by atoms with E-state index < -0.39 is 18.8 Å². The molecule has 10 heteroatoms. The highest BCUT2D eigenvalue weighted by atomic mass is 19.4. The molecule has 0 spiro atoms. The minimum Gasteiger partial charge on any atom is -0.488 e. The summed E-state index contributed by atoms with van der Waals surface area (Å²) in [4.78, 5) is 13.9. The average Bonchev–Trinajstić information content (AvgIpc) is 3.21. The molecule has 1 aliphatic heterocycles. The van der Waals surface area contributed by atoms with Crippen LogP contribution in [0, 0.1) is 0 Å². The van der Waals surface area contributed by atoms with E-state index in [-0.39, 0.29) is 36.3 Å². The van der Waals surface area contributed by atoms with E-state index in [1.54, 1.807) is 24.3 Å². The summed E-state index contributed by atoms with van der Waals surface area (Å²) in [5, 5.41) is 22.2. The van der Waals surface area contributed by atoms with Crippen LogP contribution in [0.15, 0.2) is 36.4 Å². The molecule has 192 valence electrons. The van der Waals surface area contributed by atoms with Gasteiger partial charge in [0.05, 0.1) is 11.3 Å². The van der Waals surface area contributed by atoms with E-state index in [2.05, 4.69) is 5.32 Å². The summed E-state index contributed by atoms with van der Waals surface area (Å²) in [6.45, 7) is 2.67. The van der Waals surface area contributed by atoms with Crippen LogP contribution in [0.25, 0.3) is 0 Å². The van der Waals surface area contributed by atoms with Crippen LogP contribution in [-0.4, -0.2) is 67.9 Å². The highest BCUT2D eigenvalue weighted by molar-refractivity contribution is 5.96. The molecule has 0 fully saturated rings. The molecule has 0 saturated heterocycles. The smallest absolute Gasteiger partial charge is 0.422 e. The Bertz CT molecular complexity index is 1000. The molecule has 0 aliphatic carbocycles. The zero-order chi connectivity index (χ0) is 25.4. The van der Waals surface area contributed by atoms with E-state index in [1.165, 1.54) is 6.07 Å². The van der Waals surface area contributed by atoms with Crippen LogP contribution in [0.1, 0.15) is 34.8 Å². The Balaban J connectivity index is 1.53. The molecule has 0 aromatic heterocycles. The Hall–Kier alpha value is -2.98. The second-order valence-corrected chi connectivity index (χ2v) is 8.53. The Morgan fingerprint density at radius 3 is 2.57 bits per heavy atom. The molecule has 2 aromatic carbocycles. The molecule has 0 unspecified atom stereocenters. The number of rotatable bonds is 13. The predicted molar refractivity (Wildman–Crippen MR) is 126 cm³/mol. The maximum atomic E-state index is 12.4. The van der Waals surface area contributed by atoms with Gasteiger partial charge >= 0.3 is 12.1 Å². The lowest BCUT2D eigenvalue weighted by molar-refractivity contribution is -0.153. The monoisotopic (exact) mass is 496 g/mol. The highest BCUT2D eigenvalue weighted by Gasteiger charge is 2.29. The number of aliphatic hydroxyl groups is 1. The summed E-state index contributed by atoms with van der Waals surface area (Å²) in [6.07, 6.45) is -2.47. The van der Waals surface area contributed by atoms with E-state index in [4.69, 9.17) is 14.6 Å². The van der Waals surface area contributed by atoms with Gasteiger partial charge in [-0.3, -0.25) is 0 Å². The zero-order valence-corrected chi connectivity index (χ0v) is 19.6. The number of halogens is 3. The summed E-state index contributed by atoms with van der Waals surface area (Å²) in [5.41, 5.74) is 2.94. The van der Waals surface area contributed by atoms with Gasteiger partial charge in [-0.2, -0.15) is 13.2 Å². The summed E-state index contributed by atoms with van der Waals surface area (Å²) < 4.78 is 47.7. The third-order valence-corrected chi connectivity index (χ3v) is 5.67. The van der Waals surface area contributed by atoms with E-state index in [0.717, 1.165) is 29.8 Å². The molecule has 3 N–H and O–H groups in total. The van der Waals surface area contributed by atoms with E-state index in [9.17, 15) is 23.1 Å². The maximum absolute atomic E-state index is 12.4. The number of ether oxygens (including phenoxy) is 2. The van der Waals surface area contributed by atoms with Crippen LogP contribution in [0.2, 0.25) is 0 Å². The molecular formula is C25H31F3N2O5. The quantitative estimate of drug-likeness (QED) is 0.365. The van der Waals surface area contributed by atoms with Gasteiger partial charge in [-0.1, -0.05) is 18.2 Å². The van der Waals surface area contributed by atoms with Gasteiger partial charge in [0.15, 0.2) is 18.1 Å². The minimum atomic E-state index is -4.43. The maximum Gasteiger partial charge on any atom is 0.422 e. The number of anilines is 1. The number of carbonyl (C=O) groups is 1. The first-order valence-corrected chi connectivity index (χ1v) is 11.6. The van der Waals surface area contributed by atoms with Crippen molar-refractivity contribution in [3.63, 3.8) is 0 Å². The Labute approximate surface area is 202 Å². The van der Waals surface area contributed by atoms with Crippen LogP contribution >= 0.6 is 0 Å². The van der Waals surface area contributed by atoms with Gasteiger partial charge in [0.1, 0.15) is 6.61 Å². The number of aliphatic hydroxyl groups excluding tert-OH is 1. The third-order valence-electron chi connectivity index (χ3n) is 5.67. The van der Waals surface area contributed by atoms with Gasteiger partial charge in [-0.05, 0) is 55.5 Å². The van der Waals surface area contributed by atoms with Crippen molar-refractivity contribution in [2.24, 2.45) is 0 Å². The molecule has 0 radical (unpaired) electrons. The second kappa shape index (κ2) is 12.1. The fraction of sp³-hybridized carbons (Fsp3) is 0.480. The number of aromatic carboxylic acids is 1. The van der Waals surface area contributed by atoms with Gasteiger partial charge in [0.2, 0.25) is 0 Å². The van der Waals surface area contributed by atoms with E-state index in [0.29, 0.717) is 25.9 Å². The van der Waals surface area contributed by atoms with Crippen molar-refractivity contribution in [2.75, 3.05) is 44.4 Å². The van der Waals surface area contributed by atoms with Crippen molar-refractivity contribution in [3.8, 4) is 11.5 Å². The number of nitrogens with zero attached hydrogens (tertiary/aromatic N) is 1. The molecule has 1 atom stereocenters. The van der Waals surface area contributed by atoms with Crippen LogP contribution in [0.5, 0.6) is 11.5 Å². The number of para-hydroxylation sites is 2. The topological polar surface area (TPSA) is 91.3 Å². The van der Waals surface area contributed by atoms with Crippen molar-refractivity contribution in [2.45, 2.75) is 38.4 Å². The summed E-state index contributed by atoms with van der Waals surface area (Å²) >= 11 is 0. The molecule has 0 amide bonds. The first-order valence-electron chi connectivity index (χ1n) is 11.6. The van der Waals surface area contributed by atoms with Gasteiger partial charge < -0.3 is 29.9 Å². The fourth-order valence-electron chi connectivity index (χ4n) is 4.20. The highest BCUT2D eigenvalue weighted by Crippen LogP contribution is 2.34. The Morgan fingerprint density at radius 2 is 1.91 bits per heavy atom. The van der Waals surface area contributed by atoms with Crippen molar-refractivity contribution in [1.29, 1.82) is 0 Å². The van der Waals surface area contributed by atoms with Gasteiger partial charge in [-0.25, -0.2) is 4.79 Å². The van der Waals surface area contributed by atoms with Crippen molar-refractivity contribution in [1.82, 2.24) is 5.32 Å². The predicted octanol–water partition coefficient (Wildman–Crippen LogP) is 3.67. The second-order valence-electron chi connectivity index (χ2n) is 8.53. The average molecular weight is 497 g/mol. The number of carboxylic acid groups (broad SMARTS) is 1. The molecule has 1 heterocycles. The van der Waals surface area contributed by atoms with Crippen molar-refractivity contribution >= 4 is 11.7 Å². The van der Waals surface area contributed by atoms with Gasteiger partial charge in [-0.15, -0.1) is 0 Å². The molecule has 0 saturated carbocycles. The summed E-state index contributed by atoms with van der Waals surface area (Å²) in [7, 11) is 0. The molecule has 3 rings (SSSR count). The fourth-order valence-corrected chi connectivity index (χ4v) is 4.20. The number of nitrogens with one attached hydrogen (secondary N) is 1. The van der Waals surface area contributed by atoms with Crippen LogP contribution in [0.4, 0.5) is 18.9 Å². The van der Waals surface area contributed by atoms with Crippen LogP contribution < -0.4 is 19.7 Å². The number of hydrogen-bond acceptors (Lipinski definition) is 6. The van der Waals surface area contributed by atoms with Crippen LogP contribution in [0.3, 0.4) is 0 Å². The third kappa shape index (κ3) is 7.76. The number of alkyl halides is 3. The largest absolute Gasteiger partial charge is 0.488 e. The summed E-state index contributed by atoms with van der Waals surface area (Å²) in [6, 6.07) is 9.98. The number of fused-ring (bicyclic) bond motifs is 1. The molecule has 35 heavy (non-hydrogen) atoms. The number of carboxylic acids is 1. The van der Waals surface area contributed by atoms with Crippen molar-refractivity contribution < 1.29 is 37.7 Å². The number of hydrogen-bond donors (Lipinski definition) is 3. The lowest BCUT2D eigenvalue weighted by atomic mass is 9.98. The molecular weight excluding hydrogens is 465 g/mol. The van der Waals surface area contributed by atoms with E-state index in [1.807, 2.05) is 17.9 Å². The molecule has 0 bridgehead atoms. The standard InChI is InChI=1S/C25H31F3N2O5/c1-17(29-8-12-34-21-5-2-3-6-22(21)35-16-25(26,27)28)13-18-14-19-7-10-30(9-4-11-31)23(19)20(15-18)24(32)33/h2-3,5-6,14-15,17,29,31H,4,7-13,16H2,1H3,(H,32,33)/t17-/m1/s1. The molecule has 7 nitrogen and oxygen atoms in total. The van der Waals surface area contributed by atoms with Crippen molar-refractivity contribution in [3.05, 3.63) is 53.1 Å². The SMILES string of the molecule is C[C@H](Cc1cc2c(c(C(=O)O)c1)N(CCCO)CC2)NCCOc1ccccc1OCC(F)(F)F. The lowest BCUT2D eigenvalue weighted by Gasteiger charge is -2.22. The zero-order valence-electron chi connectivity index (χ0n) is 19.6. The Kier molecular flexibility index (Phi) is 9.22. The van der Waals surface area contributed by atoms with Gasteiger partial charge in [0, 0.05) is 32.3 Å². The molecule has 1 aliphatic rings.